The molecule has 0 saturated carbocycles. The van der Waals surface area contributed by atoms with Gasteiger partial charge in [-0.15, -0.1) is 17.9 Å². The molecule has 0 aliphatic carbocycles. The minimum Gasteiger partial charge on any atom is -0.462 e. The first-order chi connectivity index (χ1) is 11.4. The lowest BCUT2D eigenvalue weighted by molar-refractivity contribution is 0.0521. The fraction of sp³-hybridized carbons (Fsp3) is 0.286. The molecule has 10 heteroatoms. The van der Waals surface area contributed by atoms with Crippen molar-refractivity contribution in [3.8, 4) is 0 Å². The lowest BCUT2D eigenvalue weighted by Crippen LogP contribution is -2.32. The molecule has 0 amide bonds. The molecule has 2 heterocycles. The molecule has 2 rings (SSSR count). The van der Waals surface area contributed by atoms with Gasteiger partial charge in [0.2, 0.25) is 0 Å². The van der Waals surface area contributed by atoms with Gasteiger partial charge in [0.1, 0.15) is 5.56 Å². The summed E-state index contributed by atoms with van der Waals surface area (Å²) in [7, 11) is -4.00. The van der Waals surface area contributed by atoms with E-state index in [0.717, 1.165) is 11.1 Å². The monoisotopic (exact) mass is 389 g/mol. The number of aromatic amines is 1. The molecule has 24 heavy (non-hydrogen) atoms. The average Bonchev–Trinajstić information content (AvgIpc) is 3.16. The average molecular weight is 390 g/mol. The van der Waals surface area contributed by atoms with E-state index in [2.05, 4.69) is 16.8 Å². The normalized spacial score (nSPS) is 11.6. The van der Waals surface area contributed by atoms with Gasteiger partial charge in [-0.1, -0.05) is 17.7 Å². The molecule has 2 aromatic rings. The van der Waals surface area contributed by atoms with Gasteiger partial charge in [-0.25, -0.2) is 13.2 Å². The fourth-order valence-electron chi connectivity index (χ4n) is 1.96. The number of H-pyrrole nitrogens is 1. The first-order valence-electron chi connectivity index (χ1n) is 6.95. The third-order valence-corrected chi connectivity index (χ3v) is 5.99. The molecule has 7 nitrogen and oxygen atoms in total. The van der Waals surface area contributed by atoms with Crippen molar-refractivity contribution in [2.24, 2.45) is 0 Å². The number of halogens is 1. The Bertz CT molecular complexity index is 829. The quantitative estimate of drug-likeness (QED) is 0.553. The van der Waals surface area contributed by atoms with Crippen LogP contribution in [0.5, 0.6) is 0 Å². The Morgan fingerprint density at radius 1 is 1.54 bits per heavy atom. The molecule has 0 radical (unpaired) electrons. The maximum absolute atomic E-state index is 12.9. The SMILES string of the molecule is C=CCN(Cc1ccc(Cl)s1)S(=O)(=O)c1[nH]ncc1C(=O)OCC. The number of aromatic nitrogens is 2. The van der Waals surface area contributed by atoms with Crippen molar-refractivity contribution in [1.29, 1.82) is 0 Å². The molecule has 2 aromatic heterocycles. The Morgan fingerprint density at radius 3 is 2.88 bits per heavy atom. The van der Waals surface area contributed by atoms with E-state index in [1.54, 1.807) is 19.1 Å². The highest BCUT2D eigenvalue weighted by Crippen LogP contribution is 2.26. The summed E-state index contributed by atoms with van der Waals surface area (Å²) in [6.07, 6.45) is 2.60. The summed E-state index contributed by atoms with van der Waals surface area (Å²) in [4.78, 5) is 12.7. The third-order valence-electron chi connectivity index (χ3n) is 2.99. The minimum atomic E-state index is -4.00. The van der Waals surface area contributed by atoms with Gasteiger partial charge in [0.05, 0.1) is 17.1 Å². The van der Waals surface area contributed by atoms with Crippen molar-refractivity contribution in [2.45, 2.75) is 18.5 Å². The van der Waals surface area contributed by atoms with Gasteiger partial charge in [-0.3, -0.25) is 5.10 Å². The summed E-state index contributed by atoms with van der Waals surface area (Å²) in [6, 6.07) is 3.44. The van der Waals surface area contributed by atoms with Crippen LogP contribution in [-0.2, 0) is 21.3 Å². The van der Waals surface area contributed by atoms with Crippen LogP contribution in [0.15, 0.2) is 36.0 Å². The van der Waals surface area contributed by atoms with Gasteiger partial charge in [-0.2, -0.15) is 9.40 Å². The molecule has 0 saturated heterocycles. The van der Waals surface area contributed by atoms with E-state index >= 15 is 0 Å². The van der Waals surface area contributed by atoms with Crippen molar-refractivity contribution in [2.75, 3.05) is 13.2 Å². The summed E-state index contributed by atoms with van der Waals surface area (Å²) < 4.78 is 32.4. The van der Waals surface area contributed by atoms with Gasteiger partial charge in [0.15, 0.2) is 5.03 Å². The van der Waals surface area contributed by atoms with Gasteiger partial charge < -0.3 is 4.74 Å². The zero-order chi connectivity index (χ0) is 17.7. The minimum absolute atomic E-state index is 0.0686. The largest absolute Gasteiger partial charge is 0.462 e. The molecular formula is C14H16ClN3O4S2. The first kappa shape index (κ1) is 18.7. The van der Waals surface area contributed by atoms with Crippen LogP contribution < -0.4 is 0 Å². The molecule has 0 aliphatic rings. The Hall–Kier alpha value is -1.68. The number of carbonyl (C=O) groups excluding carboxylic acids is 1. The first-order valence-corrected chi connectivity index (χ1v) is 9.59. The van der Waals surface area contributed by atoms with E-state index in [-0.39, 0.29) is 30.3 Å². The lowest BCUT2D eigenvalue weighted by atomic mass is 10.4. The second-order valence-electron chi connectivity index (χ2n) is 4.63. The number of carbonyl (C=O) groups is 1. The Morgan fingerprint density at radius 2 is 2.29 bits per heavy atom. The smallest absolute Gasteiger partial charge is 0.342 e. The molecule has 0 aliphatic heterocycles. The standard InChI is InChI=1S/C14H16ClN3O4S2/c1-3-7-18(9-10-5-6-12(15)23-10)24(20,21)13-11(8-16-17-13)14(19)22-4-2/h3,5-6,8H,1,4,7,9H2,2H3,(H,16,17). The van der Waals surface area contributed by atoms with E-state index in [1.165, 1.54) is 21.7 Å². The summed E-state index contributed by atoms with van der Waals surface area (Å²) >= 11 is 7.17. The second kappa shape index (κ2) is 7.93. The predicted octanol–water partition coefficient (Wildman–Crippen LogP) is 2.68. The molecule has 0 aromatic carbocycles. The number of thiophene rings is 1. The molecule has 0 fully saturated rings. The van der Waals surface area contributed by atoms with Crippen molar-refractivity contribution < 1.29 is 17.9 Å². The number of hydrogen-bond acceptors (Lipinski definition) is 6. The predicted molar refractivity (Wildman–Crippen MR) is 91.7 cm³/mol. The van der Waals surface area contributed by atoms with E-state index < -0.39 is 16.0 Å². The molecule has 0 unspecified atom stereocenters. The van der Waals surface area contributed by atoms with Crippen LogP contribution in [0.4, 0.5) is 0 Å². The summed E-state index contributed by atoms with van der Waals surface area (Å²) in [5.74, 6) is -0.748. The highest BCUT2D eigenvalue weighted by Gasteiger charge is 2.31. The van der Waals surface area contributed by atoms with E-state index in [4.69, 9.17) is 16.3 Å². The molecule has 0 spiro atoms. The van der Waals surface area contributed by atoms with Crippen molar-refractivity contribution in [1.82, 2.24) is 14.5 Å². The topological polar surface area (TPSA) is 92.4 Å². The lowest BCUT2D eigenvalue weighted by Gasteiger charge is -2.19. The van der Waals surface area contributed by atoms with Crippen molar-refractivity contribution in [3.63, 3.8) is 0 Å². The van der Waals surface area contributed by atoms with Crippen LogP contribution in [0.1, 0.15) is 22.2 Å². The van der Waals surface area contributed by atoms with Crippen LogP contribution in [0, 0.1) is 0 Å². The van der Waals surface area contributed by atoms with Crippen LogP contribution in [-0.4, -0.2) is 42.0 Å². The van der Waals surface area contributed by atoms with Crippen molar-refractivity contribution in [3.05, 3.63) is 45.8 Å². The number of nitrogens with zero attached hydrogens (tertiary/aromatic N) is 2. The maximum atomic E-state index is 12.9. The third kappa shape index (κ3) is 4.04. The zero-order valence-electron chi connectivity index (χ0n) is 12.9. The van der Waals surface area contributed by atoms with Gasteiger partial charge in [0, 0.05) is 18.0 Å². The van der Waals surface area contributed by atoms with Crippen LogP contribution in [0.2, 0.25) is 4.34 Å². The number of sulfonamides is 1. The highest BCUT2D eigenvalue weighted by molar-refractivity contribution is 7.89. The number of nitrogens with one attached hydrogen (secondary N) is 1. The fourth-order valence-corrected chi connectivity index (χ4v) is 4.59. The van der Waals surface area contributed by atoms with E-state index in [9.17, 15) is 13.2 Å². The number of esters is 1. The Labute approximate surface area is 148 Å². The van der Waals surface area contributed by atoms with E-state index in [0.29, 0.717) is 4.34 Å². The van der Waals surface area contributed by atoms with Crippen molar-refractivity contribution >= 4 is 38.9 Å². The second-order valence-corrected chi connectivity index (χ2v) is 8.30. The molecule has 130 valence electrons. The number of rotatable bonds is 8. The van der Waals surface area contributed by atoms with Crippen LogP contribution in [0.3, 0.4) is 0 Å². The maximum Gasteiger partial charge on any atom is 0.342 e. The van der Waals surface area contributed by atoms with Gasteiger partial charge >= 0.3 is 5.97 Å². The molecule has 0 atom stereocenters. The van der Waals surface area contributed by atoms with Crippen LogP contribution in [0.25, 0.3) is 0 Å². The highest BCUT2D eigenvalue weighted by atomic mass is 35.5. The van der Waals surface area contributed by atoms with Gasteiger partial charge in [-0.05, 0) is 19.1 Å². The van der Waals surface area contributed by atoms with E-state index in [1.807, 2.05) is 0 Å². The summed E-state index contributed by atoms with van der Waals surface area (Å²) in [5.41, 5.74) is -0.130. The molecular weight excluding hydrogens is 374 g/mol. The Balaban J connectivity index is 2.36. The zero-order valence-corrected chi connectivity index (χ0v) is 15.2. The summed E-state index contributed by atoms with van der Waals surface area (Å²) in [5, 5.41) is 5.75. The Kier molecular flexibility index (Phi) is 6.16. The number of ether oxygens (including phenoxy) is 1. The van der Waals surface area contributed by atoms with Gasteiger partial charge in [0.25, 0.3) is 10.0 Å². The molecule has 1 N–H and O–H groups in total. The summed E-state index contributed by atoms with van der Waals surface area (Å²) in [6.45, 7) is 5.52. The molecule has 0 bridgehead atoms. The van der Waals surface area contributed by atoms with Crippen LogP contribution >= 0.6 is 22.9 Å². The number of hydrogen-bond donors (Lipinski definition) is 1.